The Balaban J connectivity index is 0. The Labute approximate surface area is 99.4 Å². The number of carbonyl (C=O) groups excluding carboxylic acids is 1. The SMILES string of the molecule is CC[C@H](C)[C@H](NC)C(=O)OC(C)(C)C.Cl. The first kappa shape index (κ1) is 17.1. The minimum absolute atomic E-state index is 0. The van der Waals surface area contributed by atoms with Gasteiger partial charge < -0.3 is 10.1 Å². The van der Waals surface area contributed by atoms with Gasteiger partial charge in [-0.3, -0.25) is 4.79 Å². The molecule has 0 aliphatic heterocycles. The molecule has 0 aromatic carbocycles. The lowest BCUT2D eigenvalue weighted by Gasteiger charge is -2.26. The molecule has 4 heteroatoms. The molecular formula is C11H24ClNO2. The number of halogens is 1. The minimum Gasteiger partial charge on any atom is -0.459 e. The van der Waals surface area contributed by atoms with Crippen LogP contribution in [0.2, 0.25) is 0 Å². The predicted octanol–water partition coefficient (Wildman–Crippen LogP) is 2.38. The van der Waals surface area contributed by atoms with E-state index in [2.05, 4.69) is 12.2 Å². The van der Waals surface area contributed by atoms with Gasteiger partial charge in [-0.05, 0) is 33.7 Å². The van der Waals surface area contributed by atoms with Gasteiger partial charge in [0.1, 0.15) is 11.6 Å². The van der Waals surface area contributed by atoms with Gasteiger partial charge in [0.15, 0.2) is 0 Å². The third-order valence-corrected chi connectivity index (χ3v) is 2.18. The molecule has 0 saturated heterocycles. The topological polar surface area (TPSA) is 38.3 Å². The summed E-state index contributed by atoms with van der Waals surface area (Å²) in [6.45, 7) is 9.77. The van der Waals surface area contributed by atoms with Crippen LogP contribution in [0.25, 0.3) is 0 Å². The lowest BCUT2D eigenvalue weighted by atomic mass is 9.99. The number of carbonyl (C=O) groups is 1. The van der Waals surface area contributed by atoms with E-state index in [1.807, 2.05) is 27.7 Å². The number of rotatable bonds is 4. The number of hydrogen-bond donors (Lipinski definition) is 1. The third-order valence-electron chi connectivity index (χ3n) is 2.18. The summed E-state index contributed by atoms with van der Waals surface area (Å²) in [4.78, 5) is 11.7. The first-order valence-electron chi connectivity index (χ1n) is 5.22. The molecule has 0 fully saturated rings. The van der Waals surface area contributed by atoms with Crippen molar-refractivity contribution in [2.75, 3.05) is 7.05 Å². The molecular weight excluding hydrogens is 214 g/mol. The summed E-state index contributed by atoms with van der Waals surface area (Å²) in [6.07, 6.45) is 0.963. The Morgan fingerprint density at radius 1 is 1.40 bits per heavy atom. The fraction of sp³-hybridized carbons (Fsp3) is 0.909. The maximum atomic E-state index is 11.7. The van der Waals surface area contributed by atoms with E-state index in [1.54, 1.807) is 7.05 Å². The Morgan fingerprint density at radius 2 is 1.87 bits per heavy atom. The fourth-order valence-corrected chi connectivity index (χ4v) is 1.24. The summed E-state index contributed by atoms with van der Waals surface area (Å²) in [5.74, 6) is 0.143. The molecule has 0 unspecified atom stereocenters. The van der Waals surface area contributed by atoms with Crippen molar-refractivity contribution in [2.24, 2.45) is 5.92 Å². The molecule has 0 saturated carbocycles. The maximum Gasteiger partial charge on any atom is 0.323 e. The average molecular weight is 238 g/mol. The molecule has 0 spiro atoms. The van der Waals surface area contributed by atoms with Gasteiger partial charge in [0.25, 0.3) is 0 Å². The van der Waals surface area contributed by atoms with Gasteiger partial charge in [0.05, 0.1) is 0 Å². The summed E-state index contributed by atoms with van der Waals surface area (Å²) in [5, 5.41) is 3.00. The van der Waals surface area contributed by atoms with Gasteiger partial charge in [-0.15, -0.1) is 12.4 Å². The minimum atomic E-state index is -0.403. The Kier molecular flexibility index (Phi) is 8.07. The second kappa shape index (κ2) is 7.07. The highest BCUT2D eigenvalue weighted by atomic mass is 35.5. The zero-order valence-corrected chi connectivity index (χ0v) is 11.4. The Morgan fingerprint density at radius 3 is 2.13 bits per heavy atom. The van der Waals surface area contributed by atoms with Gasteiger partial charge in [0.2, 0.25) is 0 Å². The zero-order valence-electron chi connectivity index (χ0n) is 10.6. The van der Waals surface area contributed by atoms with Crippen molar-refractivity contribution in [1.82, 2.24) is 5.32 Å². The van der Waals surface area contributed by atoms with Crippen LogP contribution in [0, 0.1) is 5.92 Å². The molecule has 0 aliphatic carbocycles. The number of likely N-dealkylation sites (N-methyl/N-ethyl adjacent to an activating group) is 1. The number of esters is 1. The summed E-state index contributed by atoms with van der Waals surface area (Å²) < 4.78 is 5.31. The quantitative estimate of drug-likeness (QED) is 0.763. The second-order valence-electron chi connectivity index (χ2n) is 4.69. The van der Waals surface area contributed by atoms with Gasteiger partial charge >= 0.3 is 5.97 Å². The van der Waals surface area contributed by atoms with Crippen LogP contribution in [0.4, 0.5) is 0 Å². The van der Waals surface area contributed by atoms with E-state index in [0.29, 0.717) is 5.92 Å². The molecule has 0 heterocycles. The zero-order chi connectivity index (χ0) is 11.4. The highest BCUT2D eigenvalue weighted by Gasteiger charge is 2.27. The lowest BCUT2D eigenvalue weighted by molar-refractivity contribution is -0.158. The molecule has 1 N–H and O–H groups in total. The van der Waals surface area contributed by atoms with E-state index < -0.39 is 5.60 Å². The van der Waals surface area contributed by atoms with Crippen LogP contribution >= 0.6 is 12.4 Å². The van der Waals surface area contributed by atoms with Crippen molar-refractivity contribution in [1.29, 1.82) is 0 Å². The monoisotopic (exact) mass is 237 g/mol. The van der Waals surface area contributed by atoms with Crippen LogP contribution < -0.4 is 5.32 Å². The van der Waals surface area contributed by atoms with Gasteiger partial charge in [0, 0.05) is 0 Å². The maximum absolute atomic E-state index is 11.7. The van der Waals surface area contributed by atoms with Crippen molar-refractivity contribution >= 4 is 18.4 Å². The van der Waals surface area contributed by atoms with Gasteiger partial charge in [-0.1, -0.05) is 20.3 Å². The second-order valence-corrected chi connectivity index (χ2v) is 4.69. The summed E-state index contributed by atoms with van der Waals surface area (Å²) in [7, 11) is 1.79. The van der Waals surface area contributed by atoms with Crippen LogP contribution in [-0.4, -0.2) is 24.7 Å². The fourth-order valence-electron chi connectivity index (χ4n) is 1.24. The van der Waals surface area contributed by atoms with Crippen molar-refractivity contribution in [3.05, 3.63) is 0 Å². The molecule has 92 valence electrons. The highest BCUT2D eigenvalue weighted by Crippen LogP contribution is 2.14. The third kappa shape index (κ3) is 6.74. The molecule has 15 heavy (non-hydrogen) atoms. The van der Waals surface area contributed by atoms with Crippen LogP contribution in [0.5, 0.6) is 0 Å². The molecule has 3 nitrogen and oxygen atoms in total. The molecule has 0 aromatic rings. The van der Waals surface area contributed by atoms with E-state index in [9.17, 15) is 4.79 Å². The van der Waals surface area contributed by atoms with Crippen LogP contribution in [0.3, 0.4) is 0 Å². The average Bonchev–Trinajstić information content (AvgIpc) is 2.01. The highest BCUT2D eigenvalue weighted by molar-refractivity contribution is 5.85. The molecule has 0 amide bonds. The van der Waals surface area contributed by atoms with Crippen molar-refractivity contribution < 1.29 is 9.53 Å². The summed E-state index contributed by atoms with van der Waals surface area (Å²) in [6, 6.07) is -0.195. The largest absolute Gasteiger partial charge is 0.459 e. The molecule has 0 aromatic heterocycles. The summed E-state index contributed by atoms with van der Waals surface area (Å²) >= 11 is 0. The molecule has 0 radical (unpaired) electrons. The molecule has 0 rings (SSSR count). The van der Waals surface area contributed by atoms with Gasteiger partial charge in [-0.2, -0.15) is 0 Å². The van der Waals surface area contributed by atoms with Crippen LogP contribution in [-0.2, 0) is 9.53 Å². The first-order chi connectivity index (χ1) is 6.31. The Hall–Kier alpha value is -0.280. The van der Waals surface area contributed by atoms with Crippen molar-refractivity contribution in [3.8, 4) is 0 Å². The number of nitrogens with one attached hydrogen (secondary N) is 1. The number of hydrogen-bond acceptors (Lipinski definition) is 3. The van der Waals surface area contributed by atoms with E-state index in [1.165, 1.54) is 0 Å². The Bertz CT molecular complexity index is 190. The van der Waals surface area contributed by atoms with Crippen LogP contribution in [0.15, 0.2) is 0 Å². The molecule has 0 aliphatic rings. The van der Waals surface area contributed by atoms with E-state index in [0.717, 1.165) is 6.42 Å². The van der Waals surface area contributed by atoms with Gasteiger partial charge in [-0.25, -0.2) is 0 Å². The standard InChI is InChI=1S/C11H23NO2.ClH/c1-7-8(2)9(12-6)10(13)14-11(3,4)5;/h8-9,12H,7H2,1-6H3;1H/t8-,9-;/m0./s1. The first-order valence-corrected chi connectivity index (χ1v) is 5.22. The van der Waals surface area contributed by atoms with Crippen molar-refractivity contribution in [2.45, 2.75) is 52.7 Å². The molecule has 2 atom stereocenters. The summed E-state index contributed by atoms with van der Waals surface area (Å²) in [5.41, 5.74) is -0.403. The van der Waals surface area contributed by atoms with E-state index in [4.69, 9.17) is 4.74 Å². The predicted molar refractivity (Wildman–Crippen MR) is 65.4 cm³/mol. The van der Waals surface area contributed by atoms with Crippen molar-refractivity contribution in [3.63, 3.8) is 0 Å². The smallest absolute Gasteiger partial charge is 0.323 e. The lowest BCUT2D eigenvalue weighted by Crippen LogP contribution is -2.43. The molecule has 0 bridgehead atoms. The van der Waals surface area contributed by atoms with E-state index >= 15 is 0 Å². The number of ether oxygens (including phenoxy) is 1. The van der Waals surface area contributed by atoms with Crippen LogP contribution in [0.1, 0.15) is 41.0 Å². The van der Waals surface area contributed by atoms with E-state index in [-0.39, 0.29) is 24.4 Å². The normalized spacial score (nSPS) is 15.1.